The second kappa shape index (κ2) is 10.7. The Morgan fingerprint density at radius 1 is 0.969 bits per heavy atom. The predicted octanol–water partition coefficient (Wildman–Crippen LogP) is 4.67. The van der Waals surface area contributed by atoms with E-state index in [1.54, 1.807) is 7.11 Å². The third-order valence-electron chi connectivity index (χ3n) is 4.69. The molecular weight excluding hydrogens is 420 g/mol. The highest BCUT2D eigenvalue weighted by Crippen LogP contribution is 2.18. The molecule has 3 aromatic rings. The van der Waals surface area contributed by atoms with E-state index in [9.17, 15) is 0 Å². The molecule has 0 aliphatic rings. The Morgan fingerprint density at radius 3 is 2.41 bits per heavy atom. The number of benzene rings is 2. The van der Waals surface area contributed by atoms with Crippen molar-refractivity contribution in [2.24, 2.45) is 4.99 Å². The summed E-state index contributed by atoms with van der Waals surface area (Å²) < 4.78 is 5.44. The smallest absolute Gasteiger partial charge is 0.229 e. The number of hydrogen-bond acceptors (Lipinski definition) is 5. The largest absolute Gasteiger partial charge is 0.496 e. The van der Waals surface area contributed by atoms with Crippen LogP contribution in [0.5, 0.6) is 5.75 Å². The molecule has 32 heavy (non-hydrogen) atoms. The fraction of sp³-hybridized carbons (Fsp3) is 0.250. The molecule has 0 bridgehead atoms. The van der Waals surface area contributed by atoms with Crippen molar-refractivity contribution in [1.29, 1.82) is 0 Å². The van der Waals surface area contributed by atoms with Gasteiger partial charge in [0.15, 0.2) is 5.11 Å². The fourth-order valence-electron chi connectivity index (χ4n) is 3.13. The van der Waals surface area contributed by atoms with Crippen LogP contribution in [-0.4, -0.2) is 28.1 Å². The van der Waals surface area contributed by atoms with E-state index < -0.39 is 0 Å². The molecule has 0 aliphatic carbocycles. The maximum Gasteiger partial charge on any atom is 0.229 e. The van der Waals surface area contributed by atoms with Crippen LogP contribution in [0.4, 0.5) is 11.6 Å². The Labute approximate surface area is 194 Å². The van der Waals surface area contributed by atoms with Crippen molar-refractivity contribution in [2.75, 3.05) is 17.7 Å². The van der Waals surface area contributed by atoms with Gasteiger partial charge in [0.05, 0.1) is 13.7 Å². The lowest BCUT2D eigenvalue weighted by Crippen LogP contribution is -2.39. The first kappa shape index (κ1) is 23.1. The quantitative estimate of drug-likeness (QED) is 0.297. The summed E-state index contributed by atoms with van der Waals surface area (Å²) in [4.78, 5) is 13.6. The second-order valence-corrected chi connectivity index (χ2v) is 7.88. The lowest BCUT2D eigenvalue weighted by molar-refractivity contribution is 0.410. The molecule has 0 unspecified atom stereocenters. The number of anilines is 2. The zero-order chi connectivity index (χ0) is 23.1. The van der Waals surface area contributed by atoms with Gasteiger partial charge in [-0.3, -0.25) is 5.32 Å². The van der Waals surface area contributed by atoms with E-state index in [0.29, 0.717) is 23.6 Å². The number of para-hydroxylation sites is 1. The highest BCUT2D eigenvalue weighted by Gasteiger charge is 2.09. The zero-order valence-corrected chi connectivity index (χ0v) is 19.8. The Kier molecular flexibility index (Phi) is 7.72. The predicted molar refractivity (Wildman–Crippen MR) is 135 cm³/mol. The number of nitrogens with zero attached hydrogens (tertiary/aromatic N) is 3. The van der Waals surface area contributed by atoms with Gasteiger partial charge < -0.3 is 15.4 Å². The third kappa shape index (κ3) is 6.49. The number of thiocarbonyl (C=S) groups is 1. The van der Waals surface area contributed by atoms with E-state index in [4.69, 9.17) is 17.0 Å². The van der Waals surface area contributed by atoms with Gasteiger partial charge in [-0.1, -0.05) is 30.3 Å². The molecule has 2 aromatic carbocycles. The van der Waals surface area contributed by atoms with Crippen molar-refractivity contribution in [3.63, 3.8) is 0 Å². The van der Waals surface area contributed by atoms with E-state index in [1.807, 2.05) is 58.0 Å². The molecular formula is C24H28N6OS. The lowest BCUT2D eigenvalue weighted by Gasteiger charge is -2.16. The number of rotatable bonds is 5. The van der Waals surface area contributed by atoms with Gasteiger partial charge in [-0.25, -0.2) is 15.0 Å². The van der Waals surface area contributed by atoms with Gasteiger partial charge in [0.25, 0.3) is 0 Å². The molecule has 166 valence electrons. The monoisotopic (exact) mass is 448 g/mol. The van der Waals surface area contributed by atoms with Crippen molar-refractivity contribution in [1.82, 2.24) is 15.3 Å². The molecule has 1 aromatic heterocycles. The van der Waals surface area contributed by atoms with E-state index >= 15 is 0 Å². The SMILES string of the molecule is COc1ccccc1CN=C(NC(=S)Nc1cc(C)ccc1C)Nc1nc(C)cc(C)n1. The Hall–Kier alpha value is -3.52. The normalized spacial score (nSPS) is 11.1. The Morgan fingerprint density at radius 2 is 1.69 bits per heavy atom. The number of nitrogens with one attached hydrogen (secondary N) is 3. The first-order chi connectivity index (χ1) is 15.3. The van der Waals surface area contributed by atoms with Crippen molar-refractivity contribution < 1.29 is 4.74 Å². The van der Waals surface area contributed by atoms with Crippen molar-refractivity contribution in [3.8, 4) is 5.75 Å². The van der Waals surface area contributed by atoms with E-state index in [-0.39, 0.29) is 0 Å². The van der Waals surface area contributed by atoms with Gasteiger partial charge in [0.2, 0.25) is 11.9 Å². The van der Waals surface area contributed by atoms with Crippen LogP contribution in [0.3, 0.4) is 0 Å². The molecule has 0 spiro atoms. The number of guanidine groups is 1. The van der Waals surface area contributed by atoms with Crippen LogP contribution >= 0.6 is 12.2 Å². The average molecular weight is 449 g/mol. The van der Waals surface area contributed by atoms with Crippen molar-refractivity contribution in [3.05, 3.63) is 76.6 Å². The van der Waals surface area contributed by atoms with Gasteiger partial charge in [-0.2, -0.15) is 0 Å². The summed E-state index contributed by atoms with van der Waals surface area (Å²) in [6, 6.07) is 15.8. The van der Waals surface area contributed by atoms with Crippen LogP contribution in [0.25, 0.3) is 0 Å². The summed E-state index contributed by atoms with van der Waals surface area (Å²) in [5.41, 5.74) is 5.85. The maximum atomic E-state index is 5.55. The Balaban J connectivity index is 1.83. The third-order valence-corrected chi connectivity index (χ3v) is 4.89. The summed E-state index contributed by atoms with van der Waals surface area (Å²) in [6.45, 7) is 8.30. The zero-order valence-electron chi connectivity index (χ0n) is 19.0. The summed E-state index contributed by atoms with van der Waals surface area (Å²) >= 11 is 5.55. The molecule has 0 atom stereocenters. The molecule has 7 nitrogen and oxygen atoms in total. The van der Waals surface area contributed by atoms with Gasteiger partial charge in [-0.05, 0) is 69.2 Å². The second-order valence-electron chi connectivity index (χ2n) is 7.47. The van der Waals surface area contributed by atoms with Crippen LogP contribution in [0.15, 0.2) is 53.5 Å². The fourth-order valence-corrected chi connectivity index (χ4v) is 3.33. The number of aliphatic imine (C=N–C) groups is 1. The molecule has 0 aliphatic heterocycles. The maximum absolute atomic E-state index is 5.55. The van der Waals surface area contributed by atoms with Crippen molar-refractivity contribution in [2.45, 2.75) is 34.2 Å². The minimum atomic E-state index is 0.385. The molecule has 0 amide bonds. The molecule has 0 radical (unpaired) electrons. The standard InChI is InChI=1S/C24H28N6OS/c1-15-10-11-16(2)20(12-15)28-24(32)30-22(29-23-26-17(3)13-18(4)27-23)25-14-19-8-6-7-9-21(19)31-5/h6-13H,14H2,1-5H3,(H3,25,26,27,28,29,30,32). The van der Waals surface area contributed by atoms with Crippen LogP contribution in [0, 0.1) is 27.7 Å². The van der Waals surface area contributed by atoms with Crippen LogP contribution in [0.2, 0.25) is 0 Å². The molecule has 1 heterocycles. The molecule has 3 N–H and O–H groups in total. The molecule has 0 saturated carbocycles. The van der Waals surface area contributed by atoms with Gasteiger partial charge >= 0.3 is 0 Å². The number of ether oxygens (including phenoxy) is 1. The van der Waals surface area contributed by atoms with E-state index in [2.05, 4.69) is 49.1 Å². The first-order valence-corrected chi connectivity index (χ1v) is 10.7. The summed E-state index contributed by atoms with van der Waals surface area (Å²) in [7, 11) is 1.65. The molecule has 0 fully saturated rings. The molecule has 8 heteroatoms. The minimum Gasteiger partial charge on any atom is -0.496 e. The average Bonchev–Trinajstić information content (AvgIpc) is 2.74. The number of aromatic nitrogens is 2. The number of methoxy groups -OCH3 is 1. The van der Waals surface area contributed by atoms with Gasteiger partial charge in [0, 0.05) is 22.6 Å². The highest BCUT2D eigenvalue weighted by molar-refractivity contribution is 7.80. The molecule has 3 rings (SSSR count). The van der Waals surface area contributed by atoms with Crippen LogP contribution in [-0.2, 0) is 6.54 Å². The number of hydrogen-bond donors (Lipinski definition) is 3. The lowest BCUT2D eigenvalue weighted by atomic mass is 10.1. The molecule has 0 saturated heterocycles. The van der Waals surface area contributed by atoms with Crippen LogP contribution < -0.4 is 20.7 Å². The van der Waals surface area contributed by atoms with E-state index in [0.717, 1.165) is 39.5 Å². The van der Waals surface area contributed by atoms with E-state index in [1.165, 1.54) is 0 Å². The highest BCUT2D eigenvalue weighted by atomic mass is 32.1. The first-order valence-electron chi connectivity index (χ1n) is 10.2. The topological polar surface area (TPSA) is 83.5 Å². The summed E-state index contributed by atoms with van der Waals surface area (Å²) in [6.07, 6.45) is 0. The summed E-state index contributed by atoms with van der Waals surface area (Å²) in [5.74, 6) is 1.65. The van der Waals surface area contributed by atoms with Crippen molar-refractivity contribution >= 4 is 34.9 Å². The van der Waals surface area contributed by atoms with Gasteiger partial charge in [-0.15, -0.1) is 0 Å². The Bertz CT molecular complexity index is 1120. The number of aryl methyl sites for hydroxylation is 4. The minimum absolute atomic E-state index is 0.385. The van der Waals surface area contributed by atoms with Crippen LogP contribution in [0.1, 0.15) is 28.1 Å². The van der Waals surface area contributed by atoms with Gasteiger partial charge in [0.1, 0.15) is 5.75 Å². The summed E-state index contributed by atoms with van der Waals surface area (Å²) in [5, 5.41) is 9.96.